The van der Waals surface area contributed by atoms with E-state index in [2.05, 4.69) is 30.8 Å². The number of rotatable bonds is 9. The van der Waals surface area contributed by atoms with E-state index in [1.165, 1.54) is 6.07 Å². The van der Waals surface area contributed by atoms with Crippen molar-refractivity contribution in [2.24, 2.45) is 5.92 Å². The number of halogens is 4. The SMILES string of the molecule is COc1cc(CN[C@H]2C[S@+]([O-])C[C@@H](Cc3cc(F)c(N)c(O[C@@](C)(OC)C(F)(F)F)c3)[C@@H]2O)cc(C(C)(C)C)c1. The topological polar surface area (TPSA) is 109 Å². The third kappa shape index (κ3) is 7.52. The third-order valence-electron chi connectivity index (χ3n) is 7.16. The van der Waals surface area contributed by atoms with Crippen LogP contribution in [0.3, 0.4) is 0 Å². The van der Waals surface area contributed by atoms with Crippen LogP contribution >= 0.6 is 0 Å². The third-order valence-corrected chi connectivity index (χ3v) is 8.69. The molecule has 2 aromatic rings. The number of anilines is 1. The number of nitrogen functional groups attached to an aromatic ring is 1. The quantitative estimate of drug-likeness (QED) is 0.171. The highest BCUT2D eigenvalue weighted by atomic mass is 32.2. The van der Waals surface area contributed by atoms with Gasteiger partial charge in [-0.05, 0) is 52.8 Å². The zero-order valence-electron chi connectivity index (χ0n) is 23.5. The maximum absolute atomic E-state index is 14.6. The Balaban J connectivity index is 1.78. The molecule has 224 valence electrons. The summed E-state index contributed by atoms with van der Waals surface area (Å²) in [5.41, 5.74) is 7.21. The van der Waals surface area contributed by atoms with Gasteiger partial charge in [0.05, 0.1) is 19.3 Å². The van der Waals surface area contributed by atoms with Crippen LogP contribution in [0.15, 0.2) is 30.3 Å². The van der Waals surface area contributed by atoms with Crippen molar-refractivity contribution in [1.29, 1.82) is 0 Å². The number of benzene rings is 2. The van der Waals surface area contributed by atoms with E-state index >= 15 is 0 Å². The molecule has 0 unspecified atom stereocenters. The molecule has 0 aliphatic carbocycles. The molecule has 40 heavy (non-hydrogen) atoms. The number of methoxy groups -OCH3 is 2. The van der Waals surface area contributed by atoms with Gasteiger partial charge in [-0.25, -0.2) is 4.39 Å². The summed E-state index contributed by atoms with van der Waals surface area (Å²) in [7, 11) is 2.41. The van der Waals surface area contributed by atoms with E-state index in [1.807, 2.05) is 18.2 Å². The molecule has 0 saturated carbocycles. The fraction of sp³-hybridized carbons (Fsp3) is 0.571. The fourth-order valence-electron chi connectivity index (χ4n) is 4.53. The van der Waals surface area contributed by atoms with E-state index in [0.29, 0.717) is 19.2 Å². The molecule has 1 fully saturated rings. The van der Waals surface area contributed by atoms with E-state index in [0.717, 1.165) is 24.3 Å². The van der Waals surface area contributed by atoms with Crippen molar-refractivity contribution >= 4 is 16.9 Å². The average Bonchev–Trinajstić information content (AvgIpc) is 2.86. The molecule has 0 aromatic heterocycles. The van der Waals surface area contributed by atoms with E-state index < -0.39 is 58.5 Å². The molecular weight excluding hydrogens is 552 g/mol. The molecule has 0 amide bonds. The van der Waals surface area contributed by atoms with Crippen LogP contribution in [0.25, 0.3) is 0 Å². The van der Waals surface area contributed by atoms with Crippen molar-refractivity contribution in [2.45, 2.75) is 70.2 Å². The van der Waals surface area contributed by atoms with Gasteiger partial charge in [-0.3, -0.25) is 0 Å². The first-order chi connectivity index (χ1) is 18.5. The van der Waals surface area contributed by atoms with Gasteiger partial charge in [0.2, 0.25) is 0 Å². The minimum atomic E-state index is -4.92. The highest BCUT2D eigenvalue weighted by Crippen LogP contribution is 2.39. The first-order valence-corrected chi connectivity index (χ1v) is 14.3. The summed E-state index contributed by atoms with van der Waals surface area (Å²) in [4.78, 5) is 0. The summed E-state index contributed by atoms with van der Waals surface area (Å²) < 4.78 is 82.8. The molecule has 4 N–H and O–H groups in total. The molecule has 12 heteroatoms. The first-order valence-electron chi connectivity index (χ1n) is 12.8. The zero-order chi connectivity index (χ0) is 30.0. The fourth-order valence-corrected chi connectivity index (χ4v) is 6.18. The van der Waals surface area contributed by atoms with E-state index in [4.69, 9.17) is 15.2 Å². The van der Waals surface area contributed by atoms with Crippen LogP contribution in [0.2, 0.25) is 0 Å². The van der Waals surface area contributed by atoms with Crippen LogP contribution in [-0.4, -0.2) is 59.5 Å². The van der Waals surface area contributed by atoms with Gasteiger partial charge >= 0.3 is 12.0 Å². The lowest BCUT2D eigenvalue weighted by atomic mass is 9.86. The molecule has 1 aliphatic heterocycles. The van der Waals surface area contributed by atoms with Gasteiger partial charge in [-0.15, -0.1) is 0 Å². The zero-order valence-corrected chi connectivity index (χ0v) is 24.3. The summed E-state index contributed by atoms with van der Waals surface area (Å²) >= 11 is -1.29. The second kappa shape index (κ2) is 12.3. The number of aliphatic hydroxyl groups excluding tert-OH is 1. The van der Waals surface area contributed by atoms with Gasteiger partial charge in [0.25, 0.3) is 0 Å². The minimum absolute atomic E-state index is 0.0433. The molecule has 7 nitrogen and oxygen atoms in total. The number of nitrogens with two attached hydrogens (primary N) is 1. The number of nitrogens with one attached hydrogen (secondary N) is 1. The van der Waals surface area contributed by atoms with Gasteiger partial charge in [0.15, 0.2) is 0 Å². The number of aliphatic hydroxyl groups is 1. The standard InChI is InChI=1S/C28H38F4N2O5S/c1-26(2,3)19-8-17(9-20(12-19)37-5)13-34-22-15-40(36)14-18(25(22)35)7-16-10-21(29)24(33)23(11-16)39-27(4,38-6)28(30,31)32/h8-12,18,22,25,34-35H,7,13-15,33H2,1-6H3/t18-,22+,25+,27-,40-/m1/s1. The van der Waals surface area contributed by atoms with Crippen molar-refractivity contribution in [1.82, 2.24) is 5.32 Å². The Kier molecular flexibility index (Phi) is 9.94. The van der Waals surface area contributed by atoms with Crippen LogP contribution in [0, 0.1) is 11.7 Å². The first kappa shape index (κ1) is 32.3. The Morgan fingerprint density at radius 3 is 2.30 bits per heavy atom. The molecular formula is C28H38F4N2O5S. The predicted octanol–water partition coefficient (Wildman–Crippen LogP) is 4.46. The second-order valence-corrected chi connectivity index (χ2v) is 12.8. The van der Waals surface area contributed by atoms with E-state index in [9.17, 15) is 27.2 Å². The molecule has 5 atom stereocenters. The monoisotopic (exact) mass is 590 g/mol. The normalized spacial score (nSPS) is 23.5. The molecule has 1 aliphatic rings. The lowest BCUT2D eigenvalue weighted by Crippen LogP contribution is -2.54. The summed E-state index contributed by atoms with van der Waals surface area (Å²) in [5.74, 6) is -4.06. The molecule has 1 heterocycles. The minimum Gasteiger partial charge on any atom is -0.616 e. The molecule has 1 saturated heterocycles. The van der Waals surface area contributed by atoms with Crippen molar-refractivity contribution in [3.63, 3.8) is 0 Å². The molecule has 0 bridgehead atoms. The average molecular weight is 591 g/mol. The summed E-state index contributed by atoms with van der Waals surface area (Å²) in [5, 5.41) is 14.4. The van der Waals surface area contributed by atoms with E-state index in [1.54, 1.807) is 7.11 Å². The highest BCUT2D eigenvalue weighted by Gasteiger charge is 2.55. The number of hydrogen-bond donors (Lipinski definition) is 3. The maximum Gasteiger partial charge on any atom is 0.455 e. The van der Waals surface area contributed by atoms with Crippen molar-refractivity contribution < 1.29 is 41.4 Å². The highest BCUT2D eigenvalue weighted by molar-refractivity contribution is 7.91. The molecule has 0 spiro atoms. The van der Waals surface area contributed by atoms with Crippen LogP contribution in [0.1, 0.15) is 44.4 Å². The molecule has 2 aromatic carbocycles. The van der Waals surface area contributed by atoms with Gasteiger partial charge in [-0.2, -0.15) is 13.2 Å². The number of hydrogen-bond acceptors (Lipinski definition) is 7. The molecule has 0 radical (unpaired) electrons. The summed E-state index contributed by atoms with van der Waals surface area (Å²) in [6.45, 7) is 7.31. The second-order valence-electron chi connectivity index (χ2n) is 11.3. The van der Waals surface area contributed by atoms with Gasteiger partial charge in [0, 0.05) is 26.5 Å². The summed E-state index contributed by atoms with van der Waals surface area (Å²) in [6, 6.07) is 7.65. The van der Waals surface area contributed by atoms with Crippen LogP contribution in [0.5, 0.6) is 11.5 Å². The van der Waals surface area contributed by atoms with Gasteiger partial charge in [0.1, 0.15) is 34.5 Å². The van der Waals surface area contributed by atoms with Crippen molar-refractivity contribution in [3.8, 4) is 11.5 Å². The lowest BCUT2D eigenvalue weighted by molar-refractivity contribution is -0.335. The van der Waals surface area contributed by atoms with Crippen LogP contribution in [-0.2, 0) is 34.3 Å². The van der Waals surface area contributed by atoms with Crippen LogP contribution in [0.4, 0.5) is 23.2 Å². The van der Waals surface area contributed by atoms with Gasteiger partial charge < -0.3 is 34.9 Å². The Hall–Kier alpha value is -2.25. The smallest absolute Gasteiger partial charge is 0.455 e. The lowest BCUT2D eigenvalue weighted by Gasteiger charge is -2.36. The van der Waals surface area contributed by atoms with Gasteiger partial charge in [-0.1, -0.05) is 38.0 Å². The summed E-state index contributed by atoms with van der Waals surface area (Å²) in [6.07, 6.45) is -5.83. The van der Waals surface area contributed by atoms with Crippen molar-refractivity contribution in [2.75, 3.05) is 31.5 Å². The maximum atomic E-state index is 14.6. The van der Waals surface area contributed by atoms with Crippen molar-refractivity contribution in [3.05, 3.63) is 52.8 Å². The Bertz CT molecular complexity index is 1180. The van der Waals surface area contributed by atoms with Crippen LogP contribution < -0.4 is 20.5 Å². The largest absolute Gasteiger partial charge is 0.616 e. The Morgan fingerprint density at radius 1 is 1.05 bits per heavy atom. The van der Waals surface area contributed by atoms with E-state index in [-0.39, 0.29) is 28.9 Å². The number of ether oxygens (including phenoxy) is 3. The Morgan fingerprint density at radius 2 is 1.73 bits per heavy atom. The Labute approximate surface area is 235 Å². The molecule has 3 rings (SSSR count). The number of alkyl halides is 3. The predicted molar refractivity (Wildman–Crippen MR) is 146 cm³/mol.